The molecule has 0 radical (unpaired) electrons. The second-order valence-corrected chi connectivity index (χ2v) is 6.31. The number of carbonyl (C=O) groups excluding carboxylic acids is 1. The lowest BCUT2D eigenvalue weighted by atomic mass is 9.81. The molecule has 0 saturated carbocycles. The van der Waals surface area contributed by atoms with E-state index in [0.717, 1.165) is 17.5 Å². The number of isocyanates is 1. The molecule has 3 aromatic rings. The summed E-state index contributed by atoms with van der Waals surface area (Å²) in [5.74, 6) is 0. The van der Waals surface area contributed by atoms with Crippen molar-refractivity contribution in [1.29, 1.82) is 0 Å². The summed E-state index contributed by atoms with van der Waals surface area (Å²) in [5, 5.41) is 0. The fraction of sp³-hybridized carbons (Fsp3) is 0.136. The van der Waals surface area contributed by atoms with Gasteiger partial charge < -0.3 is 0 Å². The Kier molecular flexibility index (Phi) is 3.41. The standard InChI is InChI=1S/C22H17NO/c1-22(23-15-24,17-9-3-2-4-10-17)21-13-7-12-19-18-11-6-5-8-16(18)14-20(19)21/h2-13H,14H2,1H3. The Balaban J connectivity index is 1.96. The van der Waals surface area contributed by atoms with Crippen LogP contribution in [-0.2, 0) is 16.8 Å². The molecule has 3 aromatic carbocycles. The lowest BCUT2D eigenvalue weighted by Crippen LogP contribution is -2.22. The van der Waals surface area contributed by atoms with Crippen LogP contribution in [0.25, 0.3) is 11.1 Å². The van der Waals surface area contributed by atoms with Gasteiger partial charge in [0.15, 0.2) is 0 Å². The van der Waals surface area contributed by atoms with Crippen molar-refractivity contribution in [2.45, 2.75) is 18.9 Å². The number of aliphatic imine (C=N–C) groups is 1. The minimum Gasteiger partial charge on any atom is -0.211 e. The first-order chi connectivity index (χ1) is 11.7. The van der Waals surface area contributed by atoms with E-state index in [4.69, 9.17) is 0 Å². The van der Waals surface area contributed by atoms with Gasteiger partial charge in [-0.05, 0) is 46.7 Å². The highest BCUT2D eigenvalue weighted by molar-refractivity contribution is 5.78. The van der Waals surface area contributed by atoms with Crippen molar-refractivity contribution < 1.29 is 4.79 Å². The summed E-state index contributed by atoms with van der Waals surface area (Å²) in [6, 6.07) is 24.7. The summed E-state index contributed by atoms with van der Waals surface area (Å²) in [4.78, 5) is 15.4. The van der Waals surface area contributed by atoms with Crippen LogP contribution < -0.4 is 0 Å². The molecule has 1 aliphatic carbocycles. The van der Waals surface area contributed by atoms with Crippen LogP contribution in [0.4, 0.5) is 0 Å². The van der Waals surface area contributed by atoms with Crippen LogP contribution in [0.5, 0.6) is 0 Å². The quantitative estimate of drug-likeness (QED) is 0.392. The summed E-state index contributed by atoms with van der Waals surface area (Å²) < 4.78 is 0. The second-order valence-electron chi connectivity index (χ2n) is 6.31. The zero-order chi connectivity index (χ0) is 16.6. The molecule has 1 aliphatic rings. The van der Waals surface area contributed by atoms with Gasteiger partial charge in [0.2, 0.25) is 6.08 Å². The minimum atomic E-state index is -0.726. The van der Waals surface area contributed by atoms with Crippen LogP contribution >= 0.6 is 0 Å². The van der Waals surface area contributed by atoms with E-state index >= 15 is 0 Å². The van der Waals surface area contributed by atoms with Crippen LogP contribution in [0.2, 0.25) is 0 Å². The molecule has 0 heterocycles. The molecule has 0 aromatic heterocycles. The van der Waals surface area contributed by atoms with Gasteiger partial charge in [-0.15, -0.1) is 0 Å². The normalized spacial score (nSPS) is 14.2. The first kappa shape index (κ1) is 14.6. The Labute approximate surface area is 141 Å². The molecule has 1 atom stereocenters. The van der Waals surface area contributed by atoms with E-state index in [9.17, 15) is 4.79 Å². The smallest absolute Gasteiger partial charge is 0.211 e. The van der Waals surface area contributed by atoms with Gasteiger partial charge in [-0.3, -0.25) is 0 Å². The second kappa shape index (κ2) is 5.59. The van der Waals surface area contributed by atoms with Crippen LogP contribution in [0.3, 0.4) is 0 Å². The molecule has 2 nitrogen and oxygen atoms in total. The highest BCUT2D eigenvalue weighted by atomic mass is 16.1. The van der Waals surface area contributed by atoms with E-state index in [1.165, 1.54) is 22.3 Å². The van der Waals surface area contributed by atoms with E-state index in [-0.39, 0.29) is 0 Å². The first-order valence-corrected chi connectivity index (χ1v) is 8.09. The largest absolute Gasteiger partial charge is 0.236 e. The first-order valence-electron chi connectivity index (χ1n) is 8.09. The van der Waals surface area contributed by atoms with Gasteiger partial charge in [0.05, 0.1) is 0 Å². The molecule has 24 heavy (non-hydrogen) atoms. The Morgan fingerprint density at radius 2 is 1.58 bits per heavy atom. The maximum absolute atomic E-state index is 11.2. The maximum atomic E-state index is 11.2. The van der Waals surface area contributed by atoms with Gasteiger partial charge in [-0.25, -0.2) is 4.79 Å². The molecule has 4 rings (SSSR count). The predicted molar refractivity (Wildman–Crippen MR) is 95.7 cm³/mol. The Hall–Kier alpha value is -2.96. The third kappa shape index (κ3) is 2.12. The lowest BCUT2D eigenvalue weighted by Gasteiger charge is -2.27. The number of hydrogen-bond acceptors (Lipinski definition) is 2. The van der Waals surface area contributed by atoms with Gasteiger partial charge in [0.1, 0.15) is 5.54 Å². The molecule has 1 unspecified atom stereocenters. The lowest BCUT2D eigenvalue weighted by molar-refractivity contribution is 0.540. The molecule has 0 fully saturated rings. The molecule has 0 aliphatic heterocycles. The fourth-order valence-corrected chi connectivity index (χ4v) is 3.75. The summed E-state index contributed by atoms with van der Waals surface area (Å²) in [7, 11) is 0. The SMILES string of the molecule is CC(N=C=O)(c1ccccc1)c1cccc2c1Cc1ccccc1-2. The van der Waals surface area contributed by atoms with Crippen LogP contribution in [0, 0.1) is 0 Å². The van der Waals surface area contributed by atoms with Crippen LogP contribution in [-0.4, -0.2) is 6.08 Å². The zero-order valence-electron chi connectivity index (χ0n) is 13.5. The van der Waals surface area contributed by atoms with Gasteiger partial charge in [-0.2, -0.15) is 4.99 Å². The van der Waals surface area contributed by atoms with E-state index in [0.29, 0.717) is 0 Å². The highest BCUT2D eigenvalue weighted by Gasteiger charge is 2.33. The molecule has 0 N–H and O–H groups in total. The van der Waals surface area contributed by atoms with Crippen molar-refractivity contribution >= 4 is 6.08 Å². The average molecular weight is 311 g/mol. The molecule has 2 heteroatoms. The van der Waals surface area contributed by atoms with E-state index in [1.807, 2.05) is 37.3 Å². The molecule has 0 bridgehead atoms. The third-order valence-electron chi connectivity index (χ3n) is 4.98. The highest BCUT2D eigenvalue weighted by Crippen LogP contribution is 2.44. The fourth-order valence-electron chi connectivity index (χ4n) is 3.75. The van der Waals surface area contributed by atoms with Crippen molar-refractivity contribution in [3.05, 3.63) is 95.1 Å². The monoisotopic (exact) mass is 311 g/mol. The summed E-state index contributed by atoms with van der Waals surface area (Å²) in [6.45, 7) is 1.99. The molecule has 0 spiro atoms. The van der Waals surface area contributed by atoms with Crippen molar-refractivity contribution in [3.63, 3.8) is 0 Å². The number of rotatable bonds is 3. The average Bonchev–Trinajstić information content (AvgIpc) is 3.01. The summed E-state index contributed by atoms with van der Waals surface area (Å²) in [6.07, 6.45) is 2.67. The van der Waals surface area contributed by atoms with Crippen LogP contribution in [0.15, 0.2) is 77.8 Å². The summed E-state index contributed by atoms with van der Waals surface area (Å²) >= 11 is 0. The Bertz CT molecular complexity index is 955. The maximum Gasteiger partial charge on any atom is 0.236 e. The van der Waals surface area contributed by atoms with Gasteiger partial charge in [0.25, 0.3) is 0 Å². The number of hydrogen-bond donors (Lipinski definition) is 0. The molecular weight excluding hydrogens is 294 g/mol. The van der Waals surface area contributed by atoms with Gasteiger partial charge >= 0.3 is 0 Å². The van der Waals surface area contributed by atoms with Crippen molar-refractivity contribution in [2.24, 2.45) is 4.99 Å². The van der Waals surface area contributed by atoms with E-state index in [2.05, 4.69) is 47.5 Å². The Morgan fingerprint density at radius 1 is 0.875 bits per heavy atom. The predicted octanol–water partition coefficient (Wildman–Crippen LogP) is 4.86. The van der Waals surface area contributed by atoms with Crippen LogP contribution in [0.1, 0.15) is 29.2 Å². The minimum absolute atomic E-state index is 0.726. The molecular formula is C22H17NO. The van der Waals surface area contributed by atoms with E-state index < -0.39 is 5.54 Å². The molecule has 0 saturated heterocycles. The molecule has 0 amide bonds. The number of nitrogens with zero attached hydrogens (tertiary/aromatic N) is 1. The van der Waals surface area contributed by atoms with Gasteiger partial charge in [0, 0.05) is 0 Å². The molecule has 116 valence electrons. The third-order valence-corrected chi connectivity index (χ3v) is 4.98. The van der Waals surface area contributed by atoms with Crippen molar-refractivity contribution in [2.75, 3.05) is 0 Å². The van der Waals surface area contributed by atoms with Gasteiger partial charge in [-0.1, -0.05) is 72.8 Å². The van der Waals surface area contributed by atoms with E-state index in [1.54, 1.807) is 6.08 Å². The Morgan fingerprint density at radius 3 is 2.38 bits per heavy atom. The van der Waals surface area contributed by atoms with Crippen molar-refractivity contribution in [1.82, 2.24) is 0 Å². The number of fused-ring (bicyclic) bond motifs is 3. The topological polar surface area (TPSA) is 29.4 Å². The zero-order valence-corrected chi connectivity index (χ0v) is 13.5. The van der Waals surface area contributed by atoms with Crippen molar-refractivity contribution in [3.8, 4) is 11.1 Å². The number of benzene rings is 3. The summed E-state index contributed by atoms with van der Waals surface area (Å²) in [5.41, 5.74) is 6.44.